The third-order valence-electron chi connectivity index (χ3n) is 4.33. The Morgan fingerprint density at radius 2 is 1.28 bits per heavy atom. The number of fused-ring (bicyclic) bond motifs is 2. The van der Waals surface area contributed by atoms with Crippen molar-refractivity contribution in [2.45, 2.75) is 6.61 Å². The molecule has 4 rings (SSSR count). The Labute approximate surface area is 144 Å². The fourth-order valence-electron chi connectivity index (χ4n) is 3.08. The van der Waals surface area contributed by atoms with E-state index in [1.54, 1.807) is 24.3 Å². The molecule has 0 aliphatic heterocycles. The van der Waals surface area contributed by atoms with Gasteiger partial charge in [0.2, 0.25) is 0 Å². The van der Waals surface area contributed by atoms with Crippen LogP contribution in [0, 0.1) is 0 Å². The maximum atomic E-state index is 10.0. The normalized spacial score (nSPS) is 11.0. The summed E-state index contributed by atoms with van der Waals surface area (Å²) in [4.78, 5) is 0. The largest absolute Gasteiger partial charge is 0.507 e. The lowest BCUT2D eigenvalue weighted by molar-refractivity contribution is 0.310. The van der Waals surface area contributed by atoms with Gasteiger partial charge < -0.3 is 20.1 Å². The molecule has 0 spiro atoms. The quantitative estimate of drug-likeness (QED) is 0.476. The van der Waals surface area contributed by atoms with Crippen LogP contribution in [0.4, 0.5) is 0 Å². The maximum absolute atomic E-state index is 10.0. The van der Waals surface area contributed by atoms with Crippen LogP contribution in [-0.2, 0) is 6.61 Å². The smallest absolute Gasteiger partial charge is 0.165 e. The van der Waals surface area contributed by atoms with Crippen LogP contribution in [0.1, 0.15) is 5.56 Å². The third-order valence-corrected chi connectivity index (χ3v) is 4.33. The lowest BCUT2D eigenvalue weighted by Crippen LogP contribution is -1.97. The molecule has 0 amide bonds. The monoisotopic (exact) mass is 332 g/mol. The van der Waals surface area contributed by atoms with E-state index >= 15 is 0 Å². The van der Waals surface area contributed by atoms with E-state index in [1.165, 1.54) is 6.07 Å². The zero-order chi connectivity index (χ0) is 17.4. The summed E-state index contributed by atoms with van der Waals surface area (Å²) < 4.78 is 5.96. The minimum Gasteiger partial charge on any atom is -0.507 e. The van der Waals surface area contributed by atoms with Gasteiger partial charge in [-0.2, -0.15) is 0 Å². The molecule has 0 saturated heterocycles. The third kappa shape index (κ3) is 2.58. The van der Waals surface area contributed by atoms with E-state index in [-0.39, 0.29) is 23.9 Å². The summed E-state index contributed by atoms with van der Waals surface area (Å²) in [6.45, 7) is 0.225. The Morgan fingerprint density at radius 1 is 0.640 bits per heavy atom. The molecule has 0 aliphatic carbocycles. The van der Waals surface area contributed by atoms with Crippen molar-refractivity contribution in [2.75, 3.05) is 0 Å². The van der Waals surface area contributed by atoms with Crippen LogP contribution in [0.25, 0.3) is 21.5 Å². The molecule has 0 aromatic heterocycles. The summed E-state index contributed by atoms with van der Waals surface area (Å²) in [5.74, 6) is 0.544. The van der Waals surface area contributed by atoms with E-state index < -0.39 is 0 Å². The summed E-state index contributed by atoms with van der Waals surface area (Å²) in [6.07, 6.45) is 0. The van der Waals surface area contributed by atoms with Crippen LogP contribution in [0.5, 0.6) is 23.0 Å². The molecule has 25 heavy (non-hydrogen) atoms. The minimum absolute atomic E-state index is 0.130. The lowest BCUT2D eigenvalue weighted by atomic mass is 10.0. The van der Waals surface area contributed by atoms with Crippen LogP contribution in [0.2, 0.25) is 0 Å². The zero-order valence-electron chi connectivity index (χ0n) is 13.3. The SMILES string of the molecule is Oc1cc(COc2ccc(O)c3ccccc23)c2ccccc2c1O. The Hall–Kier alpha value is -3.40. The molecule has 4 heteroatoms. The number of hydrogen-bond acceptors (Lipinski definition) is 4. The second kappa shape index (κ2) is 5.91. The van der Waals surface area contributed by atoms with Crippen molar-refractivity contribution in [3.05, 3.63) is 72.3 Å². The van der Waals surface area contributed by atoms with Gasteiger partial charge in [-0.25, -0.2) is 0 Å². The predicted molar refractivity (Wildman–Crippen MR) is 97.2 cm³/mol. The summed E-state index contributed by atoms with van der Waals surface area (Å²) in [7, 11) is 0. The van der Waals surface area contributed by atoms with Crippen molar-refractivity contribution in [2.24, 2.45) is 0 Å². The summed E-state index contributed by atoms with van der Waals surface area (Å²) in [5, 5.41) is 32.9. The number of aromatic hydroxyl groups is 3. The molecular formula is C21H16O4. The van der Waals surface area contributed by atoms with Gasteiger partial charge >= 0.3 is 0 Å². The number of phenols is 3. The van der Waals surface area contributed by atoms with Crippen LogP contribution in [0.15, 0.2) is 66.7 Å². The van der Waals surface area contributed by atoms with Crippen molar-refractivity contribution >= 4 is 21.5 Å². The van der Waals surface area contributed by atoms with E-state index in [9.17, 15) is 15.3 Å². The average Bonchev–Trinajstić information content (AvgIpc) is 2.65. The molecule has 4 aromatic rings. The highest BCUT2D eigenvalue weighted by atomic mass is 16.5. The van der Waals surface area contributed by atoms with E-state index in [1.807, 2.05) is 36.4 Å². The van der Waals surface area contributed by atoms with Crippen molar-refractivity contribution in [3.8, 4) is 23.0 Å². The number of ether oxygens (including phenoxy) is 1. The Morgan fingerprint density at radius 3 is 2.04 bits per heavy atom. The molecule has 0 fully saturated rings. The first kappa shape index (κ1) is 15.1. The summed E-state index contributed by atoms with van der Waals surface area (Å²) >= 11 is 0. The van der Waals surface area contributed by atoms with E-state index in [2.05, 4.69) is 0 Å². The highest BCUT2D eigenvalue weighted by molar-refractivity contribution is 5.94. The predicted octanol–water partition coefficient (Wildman–Crippen LogP) is 4.69. The van der Waals surface area contributed by atoms with Crippen LogP contribution >= 0.6 is 0 Å². The average molecular weight is 332 g/mol. The number of hydrogen-bond donors (Lipinski definition) is 3. The van der Waals surface area contributed by atoms with Gasteiger partial charge in [0, 0.05) is 21.7 Å². The van der Waals surface area contributed by atoms with Crippen LogP contribution in [-0.4, -0.2) is 15.3 Å². The Bertz CT molecular complexity index is 1090. The summed E-state index contributed by atoms with van der Waals surface area (Å²) in [5.41, 5.74) is 0.767. The minimum atomic E-state index is -0.173. The van der Waals surface area contributed by atoms with Crippen molar-refractivity contribution in [1.29, 1.82) is 0 Å². The van der Waals surface area contributed by atoms with Gasteiger partial charge in [0.25, 0.3) is 0 Å². The molecule has 0 aliphatic rings. The zero-order valence-corrected chi connectivity index (χ0v) is 13.3. The fourth-order valence-corrected chi connectivity index (χ4v) is 3.08. The van der Waals surface area contributed by atoms with Gasteiger partial charge in [0.1, 0.15) is 18.1 Å². The number of phenolic OH excluding ortho intramolecular Hbond substituents is 3. The molecule has 0 heterocycles. The maximum Gasteiger partial charge on any atom is 0.165 e. The van der Waals surface area contributed by atoms with Crippen molar-refractivity contribution in [3.63, 3.8) is 0 Å². The van der Waals surface area contributed by atoms with E-state index in [0.29, 0.717) is 11.1 Å². The highest BCUT2D eigenvalue weighted by Gasteiger charge is 2.12. The topological polar surface area (TPSA) is 69.9 Å². The van der Waals surface area contributed by atoms with Gasteiger partial charge in [-0.1, -0.05) is 48.5 Å². The molecular weight excluding hydrogens is 316 g/mol. The molecule has 0 radical (unpaired) electrons. The van der Waals surface area contributed by atoms with Gasteiger partial charge in [-0.3, -0.25) is 0 Å². The van der Waals surface area contributed by atoms with Crippen LogP contribution < -0.4 is 4.74 Å². The molecule has 3 N–H and O–H groups in total. The molecule has 0 saturated carbocycles. The van der Waals surface area contributed by atoms with Crippen molar-refractivity contribution < 1.29 is 20.1 Å². The Balaban J connectivity index is 1.75. The van der Waals surface area contributed by atoms with Gasteiger partial charge in [-0.15, -0.1) is 0 Å². The second-order valence-corrected chi connectivity index (χ2v) is 5.87. The Kier molecular flexibility index (Phi) is 3.58. The molecule has 124 valence electrons. The van der Waals surface area contributed by atoms with E-state index in [0.717, 1.165) is 21.7 Å². The first-order valence-electron chi connectivity index (χ1n) is 7.91. The molecule has 0 atom stereocenters. The molecule has 4 aromatic carbocycles. The van der Waals surface area contributed by atoms with Gasteiger partial charge in [-0.05, 0) is 23.6 Å². The first-order valence-corrected chi connectivity index (χ1v) is 7.91. The number of benzene rings is 4. The number of rotatable bonds is 3. The van der Waals surface area contributed by atoms with E-state index in [4.69, 9.17) is 4.74 Å². The lowest BCUT2D eigenvalue weighted by Gasteiger charge is -2.13. The molecule has 0 bridgehead atoms. The van der Waals surface area contributed by atoms with Gasteiger partial charge in [0.15, 0.2) is 11.5 Å². The van der Waals surface area contributed by atoms with Crippen molar-refractivity contribution in [1.82, 2.24) is 0 Å². The van der Waals surface area contributed by atoms with Crippen LogP contribution in [0.3, 0.4) is 0 Å². The molecule has 0 unspecified atom stereocenters. The first-order chi connectivity index (χ1) is 12.1. The van der Waals surface area contributed by atoms with Gasteiger partial charge in [0.05, 0.1) is 0 Å². The standard InChI is InChI=1S/C21H16O4/c22-18-9-10-20(16-7-3-2-6-15(16)18)25-12-13-11-19(23)21(24)17-8-4-1-5-14(13)17/h1-11,22-24H,12H2. The fraction of sp³-hybridized carbons (Fsp3) is 0.0476. The molecule has 4 nitrogen and oxygen atoms in total. The summed E-state index contributed by atoms with van der Waals surface area (Å²) in [6, 6.07) is 19.6. The second-order valence-electron chi connectivity index (χ2n) is 5.87. The highest BCUT2D eigenvalue weighted by Crippen LogP contribution is 2.37.